The minimum absolute atomic E-state index is 0.733. The molecule has 1 aromatic rings. The number of thiazole rings is 1. The molecular weight excluding hydrogens is 230 g/mol. The summed E-state index contributed by atoms with van der Waals surface area (Å²) in [6, 6.07) is 0. The van der Waals surface area contributed by atoms with Crippen molar-refractivity contribution < 1.29 is 0 Å². The minimum Gasteiger partial charge on any atom is -0.330 e. The van der Waals surface area contributed by atoms with Gasteiger partial charge in [-0.3, -0.25) is 0 Å². The molecule has 2 heterocycles. The Morgan fingerprint density at radius 3 is 2.88 bits per heavy atom. The highest BCUT2D eigenvalue weighted by atomic mass is 32.1. The Hall–Kier alpha value is -0.450. The molecule has 1 aliphatic heterocycles. The molecule has 2 N–H and O–H groups in total. The third-order valence-electron chi connectivity index (χ3n) is 3.61. The van der Waals surface area contributed by atoms with Crippen molar-refractivity contribution in [3.8, 4) is 0 Å². The molecule has 0 amide bonds. The van der Waals surface area contributed by atoms with E-state index >= 15 is 0 Å². The zero-order valence-corrected chi connectivity index (χ0v) is 11.5. The predicted molar refractivity (Wildman–Crippen MR) is 73.4 cm³/mol. The van der Waals surface area contributed by atoms with Crippen LogP contribution in [0.3, 0.4) is 0 Å². The maximum Gasteiger partial charge on any atom is 0.0930 e. The highest BCUT2D eigenvalue weighted by Crippen LogP contribution is 2.24. The normalized spacial score (nSPS) is 18.7. The number of hydrogen-bond donors (Lipinski definition) is 1. The van der Waals surface area contributed by atoms with E-state index in [1.165, 1.54) is 48.8 Å². The van der Waals surface area contributed by atoms with Gasteiger partial charge in [-0.05, 0) is 51.4 Å². The number of hydrogen-bond acceptors (Lipinski definition) is 4. The summed E-state index contributed by atoms with van der Waals surface area (Å²) in [6.07, 6.45) is 6.83. The summed E-state index contributed by atoms with van der Waals surface area (Å²) in [5, 5.41) is 1.31. The molecule has 0 aliphatic carbocycles. The van der Waals surface area contributed by atoms with Gasteiger partial charge in [-0.1, -0.05) is 6.92 Å². The average Bonchev–Trinajstić information content (AvgIpc) is 2.78. The van der Waals surface area contributed by atoms with E-state index in [-0.39, 0.29) is 0 Å². The lowest BCUT2D eigenvalue weighted by atomic mass is 9.94. The van der Waals surface area contributed by atoms with Crippen LogP contribution in [0.2, 0.25) is 0 Å². The predicted octanol–water partition coefficient (Wildman–Crippen LogP) is 1.92. The molecule has 0 radical (unpaired) electrons. The molecule has 0 bridgehead atoms. The first-order valence-corrected chi connectivity index (χ1v) is 7.49. The SMILES string of the molecule is CCN1CCC(Cc2ncc(CCN)s2)CC1. The highest BCUT2D eigenvalue weighted by molar-refractivity contribution is 7.11. The molecule has 0 spiro atoms. The number of nitrogens with two attached hydrogens (primary N) is 1. The Morgan fingerprint density at radius 2 is 2.24 bits per heavy atom. The summed E-state index contributed by atoms with van der Waals surface area (Å²) in [5.74, 6) is 0.842. The molecule has 0 unspecified atom stereocenters. The van der Waals surface area contributed by atoms with Crippen LogP contribution in [-0.4, -0.2) is 36.1 Å². The summed E-state index contributed by atoms with van der Waals surface area (Å²) in [7, 11) is 0. The number of aromatic nitrogens is 1. The van der Waals surface area contributed by atoms with Crippen molar-refractivity contribution in [2.75, 3.05) is 26.2 Å². The van der Waals surface area contributed by atoms with Gasteiger partial charge in [0.2, 0.25) is 0 Å². The minimum atomic E-state index is 0.733. The second-order valence-corrected chi connectivity index (χ2v) is 6.04. The molecule has 4 heteroatoms. The largest absolute Gasteiger partial charge is 0.330 e. The monoisotopic (exact) mass is 253 g/mol. The van der Waals surface area contributed by atoms with Gasteiger partial charge >= 0.3 is 0 Å². The zero-order chi connectivity index (χ0) is 12.1. The number of piperidine rings is 1. The van der Waals surface area contributed by atoms with Crippen molar-refractivity contribution in [1.29, 1.82) is 0 Å². The first kappa shape index (κ1) is 13.0. The van der Waals surface area contributed by atoms with Crippen LogP contribution >= 0.6 is 11.3 Å². The van der Waals surface area contributed by atoms with Crippen LogP contribution in [-0.2, 0) is 12.8 Å². The van der Waals surface area contributed by atoms with E-state index in [0.29, 0.717) is 0 Å². The van der Waals surface area contributed by atoms with E-state index < -0.39 is 0 Å². The molecular formula is C13H23N3S. The van der Waals surface area contributed by atoms with Crippen LogP contribution in [0.5, 0.6) is 0 Å². The molecule has 96 valence electrons. The van der Waals surface area contributed by atoms with E-state index in [2.05, 4.69) is 16.8 Å². The Morgan fingerprint density at radius 1 is 1.47 bits per heavy atom. The van der Waals surface area contributed by atoms with Crippen molar-refractivity contribution in [3.05, 3.63) is 16.1 Å². The molecule has 3 nitrogen and oxygen atoms in total. The summed E-state index contributed by atoms with van der Waals surface area (Å²) in [4.78, 5) is 8.40. The molecule has 0 saturated carbocycles. The first-order chi connectivity index (χ1) is 8.31. The van der Waals surface area contributed by atoms with Gasteiger partial charge in [0.15, 0.2) is 0 Å². The van der Waals surface area contributed by atoms with Crippen LogP contribution in [0.4, 0.5) is 0 Å². The van der Waals surface area contributed by atoms with E-state index in [4.69, 9.17) is 5.73 Å². The molecule has 0 atom stereocenters. The van der Waals surface area contributed by atoms with Crippen LogP contribution in [0.15, 0.2) is 6.20 Å². The lowest BCUT2D eigenvalue weighted by Gasteiger charge is -2.30. The lowest BCUT2D eigenvalue weighted by molar-refractivity contribution is 0.192. The van der Waals surface area contributed by atoms with Crippen molar-refractivity contribution in [2.24, 2.45) is 11.7 Å². The quantitative estimate of drug-likeness (QED) is 0.872. The number of likely N-dealkylation sites (tertiary alicyclic amines) is 1. The van der Waals surface area contributed by atoms with E-state index in [1.54, 1.807) is 0 Å². The number of rotatable bonds is 5. The van der Waals surface area contributed by atoms with Crippen LogP contribution in [0.1, 0.15) is 29.7 Å². The van der Waals surface area contributed by atoms with E-state index in [0.717, 1.165) is 18.9 Å². The summed E-state index contributed by atoms with van der Waals surface area (Å²) in [6.45, 7) is 6.71. The van der Waals surface area contributed by atoms with E-state index in [9.17, 15) is 0 Å². The summed E-state index contributed by atoms with van der Waals surface area (Å²) in [5.41, 5.74) is 5.56. The second-order valence-electron chi connectivity index (χ2n) is 4.84. The fourth-order valence-corrected chi connectivity index (χ4v) is 3.51. The Bertz CT molecular complexity index is 329. The smallest absolute Gasteiger partial charge is 0.0930 e. The van der Waals surface area contributed by atoms with Gasteiger partial charge in [0.1, 0.15) is 0 Å². The molecule has 17 heavy (non-hydrogen) atoms. The molecule has 1 aromatic heterocycles. The molecule has 1 saturated heterocycles. The van der Waals surface area contributed by atoms with Gasteiger partial charge in [-0.15, -0.1) is 11.3 Å². The Kier molecular flexibility index (Phi) is 4.95. The van der Waals surface area contributed by atoms with Gasteiger partial charge in [-0.25, -0.2) is 4.98 Å². The summed E-state index contributed by atoms with van der Waals surface area (Å²) < 4.78 is 0. The van der Waals surface area contributed by atoms with Gasteiger partial charge in [-0.2, -0.15) is 0 Å². The maximum absolute atomic E-state index is 5.56. The van der Waals surface area contributed by atoms with Crippen molar-refractivity contribution >= 4 is 11.3 Å². The molecule has 2 rings (SSSR count). The van der Waals surface area contributed by atoms with Gasteiger partial charge in [0.05, 0.1) is 5.01 Å². The van der Waals surface area contributed by atoms with Gasteiger partial charge in [0, 0.05) is 17.5 Å². The fraction of sp³-hybridized carbons (Fsp3) is 0.769. The van der Waals surface area contributed by atoms with Crippen molar-refractivity contribution in [1.82, 2.24) is 9.88 Å². The maximum atomic E-state index is 5.56. The van der Waals surface area contributed by atoms with Gasteiger partial charge < -0.3 is 10.6 Å². The third-order valence-corrected chi connectivity index (χ3v) is 4.69. The van der Waals surface area contributed by atoms with Gasteiger partial charge in [0.25, 0.3) is 0 Å². The molecule has 1 aliphatic rings. The first-order valence-electron chi connectivity index (χ1n) is 6.67. The van der Waals surface area contributed by atoms with Crippen LogP contribution in [0.25, 0.3) is 0 Å². The zero-order valence-electron chi connectivity index (χ0n) is 10.7. The molecule has 0 aromatic carbocycles. The highest BCUT2D eigenvalue weighted by Gasteiger charge is 2.19. The standard InChI is InChI=1S/C13H23N3S/c1-2-16-7-4-11(5-8-16)9-13-15-10-12(17-13)3-6-14/h10-11H,2-9,14H2,1H3. The average molecular weight is 253 g/mol. The third kappa shape index (κ3) is 3.76. The fourth-order valence-electron chi connectivity index (χ4n) is 2.45. The van der Waals surface area contributed by atoms with Crippen LogP contribution < -0.4 is 5.73 Å². The second kappa shape index (κ2) is 6.47. The molecule has 1 fully saturated rings. The number of nitrogens with zero attached hydrogens (tertiary/aromatic N) is 2. The van der Waals surface area contributed by atoms with Crippen LogP contribution in [0, 0.1) is 5.92 Å². The summed E-state index contributed by atoms with van der Waals surface area (Å²) >= 11 is 1.85. The topological polar surface area (TPSA) is 42.2 Å². The van der Waals surface area contributed by atoms with Crippen molar-refractivity contribution in [2.45, 2.75) is 32.6 Å². The Labute approximate surface area is 108 Å². The Balaban J connectivity index is 1.80. The lowest BCUT2D eigenvalue weighted by Crippen LogP contribution is -2.33. The van der Waals surface area contributed by atoms with E-state index in [1.807, 2.05) is 17.5 Å². The van der Waals surface area contributed by atoms with Crippen molar-refractivity contribution in [3.63, 3.8) is 0 Å².